The highest BCUT2D eigenvalue weighted by Gasteiger charge is 2.25. The molecule has 0 spiro atoms. The van der Waals surface area contributed by atoms with Crippen LogP contribution >= 0.6 is 34.8 Å². The number of halogens is 1. The zero-order valence-electron chi connectivity index (χ0n) is 10.3. The molecule has 1 amide bonds. The van der Waals surface area contributed by atoms with Gasteiger partial charge in [-0.25, -0.2) is 0 Å². The lowest BCUT2D eigenvalue weighted by Gasteiger charge is -2.31. The van der Waals surface area contributed by atoms with E-state index in [1.807, 2.05) is 22.6 Å². The molecule has 3 N–H and O–H groups in total. The molecule has 6 heteroatoms. The van der Waals surface area contributed by atoms with E-state index in [0.717, 1.165) is 16.4 Å². The van der Waals surface area contributed by atoms with Gasteiger partial charge in [-0.05, 0) is 53.6 Å². The summed E-state index contributed by atoms with van der Waals surface area (Å²) >= 11 is 7.01. The van der Waals surface area contributed by atoms with Gasteiger partial charge in [-0.15, -0.1) is 0 Å². The Morgan fingerprint density at radius 3 is 2.58 bits per heavy atom. The quantitative estimate of drug-likeness (QED) is 0.600. The summed E-state index contributed by atoms with van der Waals surface area (Å²) in [7, 11) is 0. The Bertz CT molecular complexity index is 513. The van der Waals surface area contributed by atoms with Crippen molar-refractivity contribution < 1.29 is 9.90 Å². The number of rotatable bonds is 2. The van der Waals surface area contributed by atoms with Gasteiger partial charge in [-0.2, -0.15) is 0 Å². The molecule has 2 rings (SSSR count). The van der Waals surface area contributed by atoms with Crippen molar-refractivity contribution in [2.45, 2.75) is 12.8 Å². The zero-order chi connectivity index (χ0) is 14.0. The lowest BCUT2D eigenvalue weighted by Crippen LogP contribution is -2.41. The van der Waals surface area contributed by atoms with Crippen LogP contribution in [0, 0.1) is 9.49 Å². The molecule has 1 heterocycles. The van der Waals surface area contributed by atoms with Gasteiger partial charge in [0.2, 0.25) is 0 Å². The largest absolute Gasteiger partial charge is 0.507 e. The molecule has 0 atom stereocenters. The fourth-order valence-corrected chi connectivity index (χ4v) is 2.77. The molecule has 1 aliphatic rings. The van der Waals surface area contributed by atoms with Crippen molar-refractivity contribution in [3.63, 3.8) is 0 Å². The summed E-state index contributed by atoms with van der Waals surface area (Å²) in [6.07, 6.45) is 1.63. The lowest BCUT2D eigenvalue weighted by atomic mass is 9.96. The Morgan fingerprint density at radius 2 is 2.05 bits per heavy atom. The third-order valence-corrected chi connectivity index (χ3v) is 4.62. The smallest absolute Gasteiger partial charge is 0.253 e. The summed E-state index contributed by atoms with van der Waals surface area (Å²) in [5.74, 6) is 0.335. The van der Waals surface area contributed by atoms with Crippen molar-refractivity contribution >= 4 is 45.7 Å². The SMILES string of the molecule is NC(=S)C1CCN(C(=O)c2ccc(I)c(O)c2)CC1. The van der Waals surface area contributed by atoms with Crippen LogP contribution in [0.25, 0.3) is 0 Å². The molecular weight excluding hydrogens is 375 g/mol. The first kappa shape index (κ1) is 14.5. The van der Waals surface area contributed by atoms with Crippen LogP contribution in [-0.4, -0.2) is 34.0 Å². The number of carbonyl (C=O) groups excluding carboxylic acids is 1. The molecule has 1 saturated heterocycles. The molecule has 1 aromatic rings. The predicted octanol–water partition coefficient (Wildman–Crippen LogP) is 2.14. The molecule has 102 valence electrons. The minimum absolute atomic E-state index is 0.0481. The van der Waals surface area contributed by atoms with Gasteiger partial charge >= 0.3 is 0 Å². The van der Waals surface area contributed by atoms with Crippen LogP contribution in [0.2, 0.25) is 0 Å². The zero-order valence-corrected chi connectivity index (χ0v) is 13.3. The van der Waals surface area contributed by atoms with E-state index in [2.05, 4.69) is 0 Å². The second kappa shape index (κ2) is 6.04. The number of likely N-dealkylation sites (tertiary alicyclic amines) is 1. The number of nitrogens with two attached hydrogens (primary N) is 1. The standard InChI is InChI=1S/C13H15IN2O2S/c14-10-2-1-9(7-11(10)17)13(18)16-5-3-8(4-6-16)12(15)19/h1-2,7-8,17H,3-6H2,(H2,15,19). The molecule has 19 heavy (non-hydrogen) atoms. The number of thiocarbonyl (C=S) groups is 1. The van der Waals surface area contributed by atoms with Crippen LogP contribution in [0.3, 0.4) is 0 Å². The van der Waals surface area contributed by atoms with E-state index in [-0.39, 0.29) is 17.6 Å². The van der Waals surface area contributed by atoms with Crippen molar-refractivity contribution in [2.75, 3.05) is 13.1 Å². The minimum Gasteiger partial charge on any atom is -0.507 e. The second-order valence-corrected chi connectivity index (χ2v) is 6.27. The van der Waals surface area contributed by atoms with Crippen molar-refractivity contribution in [3.05, 3.63) is 27.3 Å². The number of piperidine rings is 1. The molecule has 4 nitrogen and oxygen atoms in total. The number of hydrogen-bond donors (Lipinski definition) is 2. The van der Waals surface area contributed by atoms with E-state index < -0.39 is 0 Å². The molecule has 1 fully saturated rings. The third-order valence-electron chi connectivity index (χ3n) is 3.38. The van der Waals surface area contributed by atoms with Gasteiger partial charge in [-0.3, -0.25) is 4.79 Å². The van der Waals surface area contributed by atoms with Crippen LogP contribution in [0.1, 0.15) is 23.2 Å². The van der Waals surface area contributed by atoms with E-state index in [0.29, 0.717) is 23.6 Å². The first-order chi connectivity index (χ1) is 8.99. The monoisotopic (exact) mass is 390 g/mol. The maximum atomic E-state index is 12.3. The van der Waals surface area contributed by atoms with E-state index in [4.69, 9.17) is 18.0 Å². The molecule has 0 saturated carbocycles. The predicted molar refractivity (Wildman–Crippen MR) is 86.2 cm³/mol. The molecule has 0 bridgehead atoms. The van der Waals surface area contributed by atoms with Crippen LogP contribution in [-0.2, 0) is 0 Å². The number of hydrogen-bond acceptors (Lipinski definition) is 3. The normalized spacial score (nSPS) is 16.4. The van der Waals surface area contributed by atoms with Crippen molar-refractivity contribution in [3.8, 4) is 5.75 Å². The summed E-state index contributed by atoms with van der Waals surface area (Å²) in [6, 6.07) is 5.00. The summed E-state index contributed by atoms with van der Waals surface area (Å²) < 4.78 is 0.737. The highest BCUT2D eigenvalue weighted by molar-refractivity contribution is 14.1. The fourth-order valence-electron chi connectivity index (χ4n) is 2.20. The average molecular weight is 390 g/mol. The number of amides is 1. The topological polar surface area (TPSA) is 66.6 Å². The Hall–Kier alpha value is -0.890. The number of phenolic OH excluding ortho intramolecular Hbond substituents is 1. The second-order valence-electron chi connectivity index (χ2n) is 4.64. The van der Waals surface area contributed by atoms with Gasteiger partial charge in [0.05, 0.1) is 8.56 Å². The van der Waals surface area contributed by atoms with Crippen LogP contribution in [0.4, 0.5) is 0 Å². The Balaban J connectivity index is 2.05. The van der Waals surface area contributed by atoms with Crippen molar-refractivity contribution in [2.24, 2.45) is 11.7 Å². The van der Waals surface area contributed by atoms with Crippen molar-refractivity contribution in [1.82, 2.24) is 4.90 Å². The summed E-state index contributed by atoms with van der Waals surface area (Å²) in [6.45, 7) is 1.32. The Morgan fingerprint density at radius 1 is 1.42 bits per heavy atom. The van der Waals surface area contributed by atoms with Crippen LogP contribution in [0.15, 0.2) is 18.2 Å². The highest BCUT2D eigenvalue weighted by Crippen LogP contribution is 2.23. The Labute approximate surface area is 131 Å². The van der Waals surface area contributed by atoms with Crippen LogP contribution in [0.5, 0.6) is 5.75 Å². The average Bonchev–Trinajstić information content (AvgIpc) is 2.41. The number of nitrogens with zero attached hydrogens (tertiary/aromatic N) is 1. The maximum absolute atomic E-state index is 12.3. The third kappa shape index (κ3) is 3.36. The van der Waals surface area contributed by atoms with Gasteiger partial charge in [0.15, 0.2) is 0 Å². The van der Waals surface area contributed by atoms with E-state index in [1.54, 1.807) is 17.0 Å². The number of phenols is 1. The summed E-state index contributed by atoms with van der Waals surface area (Å²) in [5.41, 5.74) is 6.15. The highest BCUT2D eigenvalue weighted by atomic mass is 127. The maximum Gasteiger partial charge on any atom is 0.253 e. The molecule has 0 aromatic heterocycles. The van der Waals surface area contributed by atoms with E-state index in [1.165, 1.54) is 6.07 Å². The van der Waals surface area contributed by atoms with Gasteiger partial charge < -0.3 is 15.7 Å². The first-order valence-corrected chi connectivity index (χ1v) is 7.55. The summed E-state index contributed by atoms with van der Waals surface area (Å²) in [4.78, 5) is 14.6. The van der Waals surface area contributed by atoms with Gasteiger partial charge in [0.25, 0.3) is 5.91 Å². The van der Waals surface area contributed by atoms with E-state index in [9.17, 15) is 9.90 Å². The molecule has 0 aliphatic carbocycles. The first-order valence-electron chi connectivity index (χ1n) is 6.06. The minimum atomic E-state index is -0.0481. The van der Waals surface area contributed by atoms with E-state index >= 15 is 0 Å². The molecule has 0 radical (unpaired) electrons. The Kier molecular flexibility index (Phi) is 4.62. The van der Waals surface area contributed by atoms with Crippen LogP contribution < -0.4 is 5.73 Å². The van der Waals surface area contributed by atoms with Gasteiger partial charge in [0.1, 0.15) is 5.75 Å². The fraction of sp³-hybridized carbons (Fsp3) is 0.385. The lowest BCUT2D eigenvalue weighted by molar-refractivity contribution is 0.0710. The summed E-state index contributed by atoms with van der Waals surface area (Å²) in [5, 5.41) is 9.65. The van der Waals surface area contributed by atoms with Gasteiger partial charge in [0, 0.05) is 24.6 Å². The molecule has 1 aromatic carbocycles. The number of benzene rings is 1. The van der Waals surface area contributed by atoms with Gasteiger partial charge in [-0.1, -0.05) is 12.2 Å². The molecular formula is C13H15IN2O2S. The number of aromatic hydroxyl groups is 1. The van der Waals surface area contributed by atoms with Crippen molar-refractivity contribution in [1.29, 1.82) is 0 Å². The molecule has 0 unspecified atom stereocenters. The number of carbonyl (C=O) groups is 1. The molecule has 1 aliphatic heterocycles.